The highest BCUT2D eigenvalue weighted by Crippen LogP contribution is 2.32. The molecule has 4 nitrogen and oxygen atoms in total. The van der Waals surface area contributed by atoms with Gasteiger partial charge in [-0.3, -0.25) is 0 Å². The van der Waals surface area contributed by atoms with Crippen molar-refractivity contribution in [1.82, 2.24) is 10.2 Å². The molecule has 126 valence electrons. The number of nitrogens with zero attached hydrogens (tertiary/aromatic N) is 1. The molecule has 0 spiro atoms. The van der Waals surface area contributed by atoms with Crippen molar-refractivity contribution in [2.45, 2.75) is 32.4 Å². The molecule has 4 heteroatoms. The fraction of sp³-hybridized carbons (Fsp3) is 0.350. The standard InChI is InChI=1S/C20H24N2O2/c1-15-8-10-17(11-9-15)19-7-4-12-22(19)20(23)21-14-16-5-3-6-18(13-16)24-2/h3,5-6,8-11,13,19H,4,7,12,14H2,1-2H3,(H,21,23)/t19-/m1/s1. The van der Waals surface area contributed by atoms with Gasteiger partial charge in [0.1, 0.15) is 5.75 Å². The monoisotopic (exact) mass is 324 g/mol. The zero-order chi connectivity index (χ0) is 16.9. The van der Waals surface area contributed by atoms with Crippen LogP contribution in [0, 0.1) is 6.92 Å². The van der Waals surface area contributed by atoms with Gasteiger partial charge in [0, 0.05) is 13.1 Å². The molecule has 1 fully saturated rings. The molecule has 2 aromatic rings. The van der Waals surface area contributed by atoms with E-state index in [0.29, 0.717) is 6.54 Å². The number of carbonyl (C=O) groups excluding carboxylic acids is 1. The van der Waals surface area contributed by atoms with Gasteiger partial charge in [0.2, 0.25) is 0 Å². The minimum Gasteiger partial charge on any atom is -0.497 e. The fourth-order valence-electron chi connectivity index (χ4n) is 3.21. The summed E-state index contributed by atoms with van der Waals surface area (Å²) in [5.41, 5.74) is 3.49. The molecule has 0 unspecified atom stereocenters. The molecule has 1 atom stereocenters. The molecule has 0 bridgehead atoms. The third-order valence-corrected chi connectivity index (χ3v) is 4.55. The Bertz CT molecular complexity index is 697. The molecule has 3 rings (SSSR count). The number of methoxy groups -OCH3 is 1. The lowest BCUT2D eigenvalue weighted by atomic mass is 10.0. The largest absolute Gasteiger partial charge is 0.497 e. The number of urea groups is 1. The number of nitrogens with one attached hydrogen (secondary N) is 1. The second kappa shape index (κ2) is 7.39. The summed E-state index contributed by atoms with van der Waals surface area (Å²) in [5.74, 6) is 0.806. The summed E-state index contributed by atoms with van der Waals surface area (Å²) in [4.78, 5) is 14.6. The van der Waals surface area contributed by atoms with Crippen LogP contribution in [0.3, 0.4) is 0 Å². The van der Waals surface area contributed by atoms with Gasteiger partial charge in [-0.25, -0.2) is 4.79 Å². The fourth-order valence-corrected chi connectivity index (χ4v) is 3.21. The predicted octanol–water partition coefficient (Wildman–Crippen LogP) is 4.05. The van der Waals surface area contributed by atoms with Crippen LogP contribution in [-0.4, -0.2) is 24.6 Å². The third-order valence-electron chi connectivity index (χ3n) is 4.55. The summed E-state index contributed by atoms with van der Waals surface area (Å²) >= 11 is 0. The Balaban J connectivity index is 1.64. The van der Waals surface area contributed by atoms with Crippen molar-refractivity contribution in [2.24, 2.45) is 0 Å². The van der Waals surface area contributed by atoms with E-state index in [0.717, 1.165) is 30.7 Å². The highest BCUT2D eigenvalue weighted by Gasteiger charge is 2.29. The van der Waals surface area contributed by atoms with Crippen molar-refractivity contribution in [2.75, 3.05) is 13.7 Å². The lowest BCUT2D eigenvalue weighted by molar-refractivity contribution is 0.192. The molecule has 1 heterocycles. The second-order valence-corrected chi connectivity index (χ2v) is 6.27. The van der Waals surface area contributed by atoms with Gasteiger partial charge < -0.3 is 15.0 Å². The van der Waals surface area contributed by atoms with Crippen molar-refractivity contribution in [3.8, 4) is 5.75 Å². The van der Waals surface area contributed by atoms with E-state index in [2.05, 4.69) is 36.5 Å². The van der Waals surface area contributed by atoms with Crippen LogP contribution in [0.2, 0.25) is 0 Å². The Labute approximate surface area is 143 Å². The number of carbonyl (C=O) groups is 1. The number of likely N-dealkylation sites (tertiary alicyclic amines) is 1. The molecular weight excluding hydrogens is 300 g/mol. The van der Waals surface area contributed by atoms with Crippen molar-refractivity contribution >= 4 is 6.03 Å². The Kier molecular flexibility index (Phi) is 5.04. The van der Waals surface area contributed by atoms with Crippen molar-refractivity contribution < 1.29 is 9.53 Å². The van der Waals surface area contributed by atoms with Crippen LogP contribution in [-0.2, 0) is 6.54 Å². The average molecular weight is 324 g/mol. The average Bonchev–Trinajstić information content (AvgIpc) is 3.10. The molecule has 24 heavy (non-hydrogen) atoms. The maximum atomic E-state index is 12.6. The van der Waals surface area contributed by atoms with Gasteiger partial charge in [-0.2, -0.15) is 0 Å². The summed E-state index contributed by atoms with van der Waals surface area (Å²) in [5, 5.41) is 3.03. The lowest BCUT2D eigenvalue weighted by Crippen LogP contribution is -2.39. The summed E-state index contributed by atoms with van der Waals surface area (Å²) < 4.78 is 5.22. The van der Waals surface area contributed by atoms with Crippen LogP contribution in [0.25, 0.3) is 0 Å². The summed E-state index contributed by atoms with van der Waals surface area (Å²) in [6.07, 6.45) is 2.07. The van der Waals surface area contributed by atoms with E-state index in [1.165, 1.54) is 11.1 Å². The van der Waals surface area contributed by atoms with Crippen LogP contribution in [0.5, 0.6) is 5.75 Å². The number of aryl methyl sites for hydroxylation is 1. The molecule has 1 aliphatic rings. The van der Waals surface area contributed by atoms with E-state index < -0.39 is 0 Å². The van der Waals surface area contributed by atoms with Gasteiger partial charge in [-0.05, 0) is 43.0 Å². The number of benzene rings is 2. The molecule has 0 saturated carbocycles. The first-order valence-electron chi connectivity index (χ1n) is 8.41. The number of rotatable bonds is 4. The first-order chi connectivity index (χ1) is 11.7. The van der Waals surface area contributed by atoms with Crippen LogP contribution in [0.4, 0.5) is 4.79 Å². The lowest BCUT2D eigenvalue weighted by Gasteiger charge is -2.25. The molecular formula is C20H24N2O2. The topological polar surface area (TPSA) is 41.6 Å². The zero-order valence-electron chi connectivity index (χ0n) is 14.3. The molecule has 2 aromatic carbocycles. The van der Waals surface area contributed by atoms with E-state index in [1.807, 2.05) is 29.2 Å². The Morgan fingerprint density at radius 1 is 1.25 bits per heavy atom. The van der Waals surface area contributed by atoms with Crippen molar-refractivity contribution in [1.29, 1.82) is 0 Å². The molecule has 0 aromatic heterocycles. The smallest absolute Gasteiger partial charge is 0.318 e. The predicted molar refractivity (Wildman–Crippen MR) is 95.1 cm³/mol. The first-order valence-corrected chi connectivity index (χ1v) is 8.41. The molecule has 1 saturated heterocycles. The minimum absolute atomic E-state index is 0.000829. The van der Waals surface area contributed by atoms with Gasteiger partial charge in [0.05, 0.1) is 13.2 Å². The molecule has 2 amide bonds. The third kappa shape index (κ3) is 3.70. The van der Waals surface area contributed by atoms with Crippen LogP contribution in [0.1, 0.15) is 35.6 Å². The van der Waals surface area contributed by atoms with Crippen molar-refractivity contribution in [3.05, 3.63) is 65.2 Å². The zero-order valence-corrected chi connectivity index (χ0v) is 14.3. The van der Waals surface area contributed by atoms with Crippen LogP contribution < -0.4 is 10.1 Å². The van der Waals surface area contributed by atoms with Gasteiger partial charge in [0.15, 0.2) is 0 Å². The number of amides is 2. The highest BCUT2D eigenvalue weighted by molar-refractivity contribution is 5.75. The van der Waals surface area contributed by atoms with E-state index in [-0.39, 0.29) is 12.1 Å². The number of hydrogen-bond donors (Lipinski definition) is 1. The molecule has 0 radical (unpaired) electrons. The van der Waals surface area contributed by atoms with E-state index in [1.54, 1.807) is 7.11 Å². The highest BCUT2D eigenvalue weighted by atomic mass is 16.5. The molecule has 0 aliphatic carbocycles. The Morgan fingerprint density at radius 3 is 2.79 bits per heavy atom. The Morgan fingerprint density at radius 2 is 2.04 bits per heavy atom. The summed E-state index contributed by atoms with van der Waals surface area (Å²) in [6.45, 7) is 3.40. The quantitative estimate of drug-likeness (QED) is 0.922. The summed E-state index contributed by atoms with van der Waals surface area (Å²) in [7, 11) is 1.65. The normalized spacial score (nSPS) is 16.9. The van der Waals surface area contributed by atoms with Gasteiger partial charge in [0.25, 0.3) is 0 Å². The number of ether oxygens (including phenoxy) is 1. The molecule has 1 aliphatic heterocycles. The Hall–Kier alpha value is -2.49. The van der Waals surface area contributed by atoms with Crippen LogP contribution in [0.15, 0.2) is 48.5 Å². The first kappa shape index (κ1) is 16.4. The maximum absolute atomic E-state index is 12.6. The van der Waals surface area contributed by atoms with E-state index >= 15 is 0 Å². The SMILES string of the molecule is COc1cccc(CNC(=O)N2CCC[C@@H]2c2ccc(C)cc2)c1. The molecule has 1 N–H and O–H groups in total. The second-order valence-electron chi connectivity index (χ2n) is 6.27. The number of hydrogen-bond acceptors (Lipinski definition) is 2. The van der Waals surface area contributed by atoms with Crippen molar-refractivity contribution in [3.63, 3.8) is 0 Å². The van der Waals surface area contributed by atoms with Crippen LogP contribution >= 0.6 is 0 Å². The van der Waals surface area contributed by atoms with Gasteiger partial charge >= 0.3 is 6.03 Å². The summed E-state index contributed by atoms with van der Waals surface area (Å²) in [6, 6.07) is 16.4. The van der Waals surface area contributed by atoms with Gasteiger partial charge in [-0.1, -0.05) is 42.0 Å². The maximum Gasteiger partial charge on any atom is 0.318 e. The van der Waals surface area contributed by atoms with E-state index in [9.17, 15) is 4.79 Å². The van der Waals surface area contributed by atoms with E-state index in [4.69, 9.17) is 4.74 Å². The minimum atomic E-state index is 0.000829. The van der Waals surface area contributed by atoms with Gasteiger partial charge in [-0.15, -0.1) is 0 Å².